The third kappa shape index (κ3) is 2.14. The van der Waals surface area contributed by atoms with Gasteiger partial charge in [-0.05, 0) is 50.3 Å². The second-order valence-corrected chi connectivity index (χ2v) is 5.69. The van der Waals surface area contributed by atoms with Crippen molar-refractivity contribution in [2.75, 3.05) is 18.1 Å². The highest BCUT2D eigenvalue weighted by Gasteiger charge is 2.37. The maximum Gasteiger partial charge on any atom is 0.299 e. The topological polar surface area (TPSA) is 46.6 Å². The van der Waals surface area contributed by atoms with Gasteiger partial charge in [-0.1, -0.05) is 6.07 Å². The van der Waals surface area contributed by atoms with Gasteiger partial charge in [0.15, 0.2) is 0 Å². The van der Waals surface area contributed by atoms with Gasteiger partial charge in [0.05, 0.1) is 17.4 Å². The Morgan fingerprint density at radius 2 is 2.10 bits per heavy atom. The predicted octanol–water partition coefficient (Wildman–Crippen LogP) is 2.40. The van der Waals surface area contributed by atoms with Gasteiger partial charge in [-0.25, -0.2) is 0 Å². The van der Waals surface area contributed by atoms with Crippen LogP contribution in [0.3, 0.4) is 0 Å². The molecule has 2 heterocycles. The Bertz CT molecular complexity index is 573. The lowest BCUT2D eigenvalue weighted by Crippen LogP contribution is -2.32. The molecule has 1 unspecified atom stereocenters. The van der Waals surface area contributed by atoms with Crippen molar-refractivity contribution in [3.63, 3.8) is 0 Å². The molecule has 0 bridgehead atoms. The summed E-state index contributed by atoms with van der Waals surface area (Å²) in [6.07, 6.45) is 3.17. The van der Waals surface area contributed by atoms with E-state index in [4.69, 9.17) is 4.74 Å². The Hall–Kier alpha value is -1.68. The molecule has 1 atom stereocenters. The molecule has 1 saturated heterocycles. The highest BCUT2D eigenvalue weighted by molar-refractivity contribution is 6.52. The molecular formula is C16H19NO3. The molecule has 0 spiro atoms. The van der Waals surface area contributed by atoms with Crippen LogP contribution in [-0.2, 0) is 9.53 Å². The molecule has 1 amide bonds. The first kappa shape index (κ1) is 13.3. The molecular weight excluding hydrogens is 254 g/mol. The van der Waals surface area contributed by atoms with Crippen molar-refractivity contribution in [1.29, 1.82) is 0 Å². The summed E-state index contributed by atoms with van der Waals surface area (Å²) in [5.74, 6) is -0.772. The Kier molecular flexibility index (Phi) is 3.34. The molecule has 4 nitrogen and oxygen atoms in total. The van der Waals surface area contributed by atoms with Crippen LogP contribution in [0.25, 0.3) is 0 Å². The van der Waals surface area contributed by atoms with Crippen molar-refractivity contribution in [2.24, 2.45) is 0 Å². The van der Waals surface area contributed by atoms with Gasteiger partial charge < -0.3 is 9.64 Å². The fraction of sp³-hybridized carbons (Fsp3) is 0.500. The van der Waals surface area contributed by atoms with Gasteiger partial charge in [0.2, 0.25) is 0 Å². The van der Waals surface area contributed by atoms with E-state index in [1.54, 1.807) is 4.90 Å². The van der Waals surface area contributed by atoms with E-state index in [-0.39, 0.29) is 11.9 Å². The molecule has 1 fully saturated rings. The molecule has 0 aliphatic carbocycles. The Labute approximate surface area is 118 Å². The van der Waals surface area contributed by atoms with Crippen molar-refractivity contribution in [1.82, 2.24) is 0 Å². The van der Waals surface area contributed by atoms with Gasteiger partial charge in [0.1, 0.15) is 0 Å². The molecule has 1 aromatic rings. The molecule has 0 saturated carbocycles. The summed E-state index contributed by atoms with van der Waals surface area (Å²) < 4.78 is 5.59. The number of rotatable bonds is 3. The first-order valence-electron chi connectivity index (χ1n) is 7.17. The smallest absolute Gasteiger partial charge is 0.299 e. The molecule has 0 aromatic heterocycles. The first-order valence-corrected chi connectivity index (χ1v) is 7.17. The number of carbonyl (C=O) groups is 2. The van der Waals surface area contributed by atoms with Crippen molar-refractivity contribution in [3.05, 3.63) is 28.8 Å². The van der Waals surface area contributed by atoms with Crippen LogP contribution in [-0.4, -0.2) is 30.9 Å². The van der Waals surface area contributed by atoms with Crippen LogP contribution in [0.1, 0.15) is 40.7 Å². The standard InChI is InChI=1S/C16H19NO3/c1-10-8-11(2)14-13(9-10)15(18)16(19)17(14)6-5-12-4-3-7-20-12/h8-9,12H,3-7H2,1-2H3. The van der Waals surface area contributed by atoms with Crippen LogP contribution in [0.5, 0.6) is 0 Å². The van der Waals surface area contributed by atoms with Crippen molar-refractivity contribution >= 4 is 17.4 Å². The number of fused-ring (bicyclic) bond motifs is 1. The maximum atomic E-state index is 12.2. The predicted molar refractivity (Wildman–Crippen MR) is 76.2 cm³/mol. The van der Waals surface area contributed by atoms with Crippen LogP contribution in [0.4, 0.5) is 5.69 Å². The zero-order chi connectivity index (χ0) is 14.3. The SMILES string of the molecule is Cc1cc(C)c2c(c1)C(=O)C(=O)N2CCC1CCCO1. The number of anilines is 1. The quantitative estimate of drug-likeness (QED) is 0.794. The van der Waals surface area contributed by atoms with E-state index in [1.165, 1.54) is 0 Å². The lowest BCUT2D eigenvalue weighted by atomic mass is 10.0. The molecule has 20 heavy (non-hydrogen) atoms. The molecule has 2 aliphatic rings. The molecule has 106 valence electrons. The van der Waals surface area contributed by atoms with E-state index in [0.29, 0.717) is 12.1 Å². The van der Waals surface area contributed by atoms with Crippen LogP contribution >= 0.6 is 0 Å². The summed E-state index contributed by atoms with van der Waals surface area (Å²) >= 11 is 0. The number of benzene rings is 1. The van der Waals surface area contributed by atoms with E-state index in [0.717, 1.165) is 42.7 Å². The minimum absolute atomic E-state index is 0.229. The summed E-state index contributed by atoms with van der Waals surface area (Å²) in [6, 6.07) is 3.83. The molecule has 0 N–H and O–H groups in total. The van der Waals surface area contributed by atoms with Gasteiger partial charge in [0, 0.05) is 13.2 Å². The number of ether oxygens (including phenoxy) is 1. The first-order chi connectivity index (χ1) is 9.58. The second kappa shape index (κ2) is 5.02. The van der Waals surface area contributed by atoms with Crippen molar-refractivity contribution < 1.29 is 14.3 Å². The van der Waals surface area contributed by atoms with E-state index in [9.17, 15) is 9.59 Å². The highest BCUT2D eigenvalue weighted by atomic mass is 16.5. The van der Waals surface area contributed by atoms with Gasteiger partial charge in [0.25, 0.3) is 11.7 Å². The second-order valence-electron chi connectivity index (χ2n) is 5.69. The van der Waals surface area contributed by atoms with Gasteiger partial charge in [-0.2, -0.15) is 0 Å². The number of aryl methyl sites for hydroxylation is 2. The van der Waals surface area contributed by atoms with Crippen LogP contribution < -0.4 is 4.90 Å². The highest BCUT2D eigenvalue weighted by Crippen LogP contribution is 2.34. The maximum absolute atomic E-state index is 12.2. The number of Topliss-reactive ketones (excluding diaryl/α,β-unsaturated/α-hetero) is 1. The summed E-state index contributed by atoms with van der Waals surface area (Å²) in [4.78, 5) is 25.9. The van der Waals surface area contributed by atoms with E-state index in [1.807, 2.05) is 26.0 Å². The normalized spacial score (nSPS) is 21.7. The van der Waals surface area contributed by atoms with Crippen LogP contribution in [0.2, 0.25) is 0 Å². The summed E-state index contributed by atoms with van der Waals surface area (Å²) in [6.45, 7) is 5.27. The summed E-state index contributed by atoms with van der Waals surface area (Å²) in [5, 5.41) is 0. The summed E-state index contributed by atoms with van der Waals surface area (Å²) in [7, 11) is 0. The number of amides is 1. The third-order valence-corrected chi connectivity index (χ3v) is 4.10. The van der Waals surface area contributed by atoms with Gasteiger partial charge in [-0.15, -0.1) is 0 Å². The van der Waals surface area contributed by atoms with Gasteiger partial charge in [-0.3, -0.25) is 9.59 Å². The molecule has 2 aliphatic heterocycles. The minimum atomic E-state index is -0.397. The number of ketones is 1. The zero-order valence-electron chi connectivity index (χ0n) is 11.9. The largest absolute Gasteiger partial charge is 0.378 e. The van der Waals surface area contributed by atoms with Crippen LogP contribution in [0, 0.1) is 13.8 Å². The lowest BCUT2D eigenvalue weighted by Gasteiger charge is -2.20. The molecule has 0 radical (unpaired) electrons. The van der Waals surface area contributed by atoms with Gasteiger partial charge >= 0.3 is 0 Å². The summed E-state index contributed by atoms with van der Waals surface area (Å²) in [5.41, 5.74) is 3.36. The van der Waals surface area contributed by atoms with Crippen molar-refractivity contribution in [2.45, 2.75) is 39.2 Å². The number of hydrogen-bond acceptors (Lipinski definition) is 3. The average Bonchev–Trinajstić information content (AvgIpc) is 2.98. The lowest BCUT2D eigenvalue weighted by molar-refractivity contribution is -0.114. The number of hydrogen-bond donors (Lipinski definition) is 0. The minimum Gasteiger partial charge on any atom is -0.378 e. The van der Waals surface area contributed by atoms with E-state index < -0.39 is 5.91 Å². The fourth-order valence-electron chi connectivity index (χ4n) is 3.19. The number of carbonyl (C=O) groups excluding carboxylic acids is 2. The Morgan fingerprint density at radius 3 is 2.80 bits per heavy atom. The molecule has 1 aromatic carbocycles. The molecule has 4 heteroatoms. The van der Waals surface area contributed by atoms with Crippen LogP contribution in [0.15, 0.2) is 12.1 Å². The van der Waals surface area contributed by atoms with E-state index in [2.05, 4.69) is 0 Å². The fourth-order valence-corrected chi connectivity index (χ4v) is 3.19. The number of nitrogens with zero attached hydrogens (tertiary/aromatic N) is 1. The average molecular weight is 273 g/mol. The zero-order valence-corrected chi connectivity index (χ0v) is 11.9. The Balaban J connectivity index is 1.85. The molecule has 3 rings (SSSR count). The monoisotopic (exact) mass is 273 g/mol. The third-order valence-electron chi connectivity index (χ3n) is 4.10. The Morgan fingerprint density at radius 1 is 1.30 bits per heavy atom. The van der Waals surface area contributed by atoms with Crippen molar-refractivity contribution in [3.8, 4) is 0 Å². The van der Waals surface area contributed by atoms with E-state index >= 15 is 0 Å².